The van der Waals surface area contributed by atoms with Gasteiger partial charge in [-0.3, -0.25) is 39.9 Å². The molecule has 34 heavy (non-hydrogen) atoms. The molecule has 1 aliphatic rings. The third kappa shape index (κ3) is 4.34. The normalized spacial score (nSPS) is 11.6. The van der Waals surface area contributed by atoms with E-state index in [1.807, 2.05) is 13.8 Å². The zero-order chi connectivity index (χ0) is 25.2. The zero-order valence-electron chi connectivity index (χ0n) is 18.6. The quantitative estimate of drug-likeness (QED) is 0.304. The zero-order valence-corrected chi connectivity index (χ0v) is 18.6. The average molecular weight is 470 g/mol. The number of nitrogens with zero attached hydrogens (tertiary/aromatic N) is 4. The van der Waals surface area contributed by atoms with Crippen LogP contribution in [0.1, 0.15) is 65.8 Å². The summed E-state index contributed by atoms with van der Waals surface area (Å²) in [6.45, 7) is 4.63. The summed E-state index contributed by atoms with van der Waals surface area (Å²) in [6, 6.07) is 3.59. The molecule has 0 radical (unpaired) electrons. The first-order valence-corrected chi connectivity index (χ1v) is 10.8. The van der Waals surface area contributed by atoms with Gasteiger partial charge in [-0.1, -0.05) is 26.7 Å². The van der Waals surface area contributed by atoms with Gasteiger partial charge in [0, 0.05) is 48.0 Å². The van der Waals surface area contributed by atoms with Crippen molar-refractivity contribution < 1.29 is 24.4 Å². The number of carbonyl (C=O) groups excluding carboxylic acids is 2. The molecule has 12 nitrogen and oxygen atoms in total. The molecule has 0 bridgehead atoms. The maximum atomic E-state index is 13.6. The lowest BCUT2D eigenvalue weighted by Crippen LogP contribution is -2.33. The van der Waals surface area contributed by atoms with Crippen molar-refractivity contribution in [1.29, 1.82) is 0 Å². The van der Waals surface area contributed by atoms with E-state index in [2.05, 4.69) is 0 Å². The highest BCUT2D eigenvalue weighted by Crippen LogP contribution is 2.47. The van der Waals surface area contributed by atoms with E-state index < -0.39 is 43.5 Å². The second-order valence-electron chi connectivity index (χ2n) is 7.90. The molecule has 0 fully saturated rings. The maximum absolute atomic E-state index is 13.6. The molecule has 0 N–H and O–H groups in total. The summed E-state index contributed by atoms with van der Waals surface area (Å²) in [5.41, 5.74) is -3.04. The smallest absolute Gasteiger partial charge is 0.284 e. The second-order valence-corrected chi connectivity index (χ2v) is 7.90. The molecule has 0 unspecified atom stereocenters. The molecule has 0 saturated heterocycles. The van der Waals surface area contributed by atoms with E-state index in [0.717, 1.165) is 37.1 Å². The highest BCUT2D eigenvalue weighted by atomic mass is 16.6. The lowest BCUT2D eigenvalue weighted by Gasteiger charge is -2.23. The van der Waals surface area contributed by atoms with Crippen molar-refractivity contribution in [2.45, 2.75) is 39.5 Å². The number of hydrogen-bond donors (Lipinski definition) is 0. The first-order chi connectivity index (χ1) is 16.1. The third-order valence-corrected chi connectivity index (χ3v) is 5.66. The van der Waals surface area contributed by atoms with Crippen molar-refractivity contribution in [3.05, 3.63) is 71.3 Å². The van der Waals surface area contributed by atoms with Gasteiger partial charge in [0.2, 0.25) is 0 Å². The number of rotatable bonds is 10. The van der Waals surface area contributed by atoms with Crippen LogP contribution in [0.2, 0.25) is 0 Å². The van der Waals surface area contributed by atoms with Crippen LogP contribution in [0, 0.1) is 30.3 Å². The van der Waals surface area contributed by atoms with Gasteiger partial charge >= 0.3 is 0 Å². The van der Waals surface area contributed by atoms with Gasteiger partial charge in [0.25, 0.3) is 23.0 Å². The van der Waals surface area contributed by atoms with Crippen molar-refractivity contribution in [3.63, 3.8) is 0 Å². The molecule has 0 spiro atoms. The Morgan fingerprint density at radius 1 is 0.794 bits per heavy atom. The van der Waals surface area contributed by atoms with Crippen molar-refractivity contribution in [2.75, 3.05) is 13.1 Å². The molecule has 0 heterocycles. The Labute approximate surface area is 193 Å². The topological polar surface area (TPSA) is 167 Å². The predicted octanol–water partition coefficient (Wildman–Crippen LogP) is 4.67. The van der Waals surface area contributed by atoms with E-state index in [1.54, 1.807) is 0 Å². The second kappa shape index (κ2) is 9.73. The lowest BCUT2D eigenvalue weighted by molar-refractivity contribution is -0.393. The molecule has 2 aromatic carbocycles. The van der Waals surface area contributed by atoms with Gasteiger partial charge in [0.05, 0.1) is 32.0 Å². The molecule has 0 atom stereocenters. The van der Waals surface area contributed by atoms with Crippen molar-refractivity contribution in [2.24, 2.45) is 0 Å². The molecule has 178 valence electrons. The van der Waals surface area contributed by atoms with Crippen LogP contribution < -0.4 is 0 Å². The number of non-ortho nitro benzene ring substituents is 2. The Hall–Kier alpha value is -4.22. The minimum absolute atomic E-state index is 0.102. The van der Waals surface area contributed by atoms with Crippen molar-refractivity contribution >= 4 is 28.8 Å². The average Bonchev–Trinajstić information content (AvgIpc) is 3.09. The highest BCUT2D eigenvalue weighted by Gasteiger charge is 2.40. The van der Waals surface area contributed by atoms with E-state index in [4.69, 9.17) is 0 Å². The number of unbranched alkanes of at least 4 members (excludes halogenated alkanes) is 2. The monoisotopic (exact) mass is 470 g/mol. The van der Waals surface area contributed by atoms with Gasteiger partial charge in [-0.05, 0) is 12.8 Å². The summed E-state index contributed by atoms with van der Waals surface area (Å²) in [6.07, 6.45) is 2.93. The summed E-state index contributed by atoms with van der Waals surface area (Å²) < 4.78 is 0. The Morgan fingerprint density at radius 3 is 1.76 bits per heavy atom. The van der Waals surface area contributed by atoms with Crippen molar-refractivity contribution in [3.8, 4) is 11.1 Å². The summed E-state index contributed by atoms with van der Waals surface area (Å²) in [4.78, 5) is 60.4. The predicted molar refractivity (Wildman–Crippen MR) is 121 cm³/mol. The van der Waals surface area contributed by atoms with Gasteiger partial charge in [-0.15, -0.1) is 0 Å². The summed E-state index contributed by atoms with van der Waals surface area (Å²) in [7, 11) is 0. The molecule has 2 aromatic rings. The van der Waals surface area contributed by atoms with E-state index in [9.17, 15) is 39.9 Å². The summed E-state index contributed by atoms with van der Waals surface area (Å²) in [5, 5.41) is 34.6. The number of hydrogen-bond acceptors (Lipinski definition) is 8. The lowest BCUT2D eigenvalue weighted by atomic mass is 9.96. The van der Waals surface area contributed by atoms with Crippen LogP contribution in [0.4, 0.5) is 17.1 Å². The van der Waals surface area contributed by atoms with E-state index in [0.29, 0.717) is 25.9 Å². The molecular weight excluding hydrogens is 448 g/mol. The van der Waals surface area contributed by atoms with Gasteiger partial charge in [0.15, 0.2) is 5.78 Å². The fourth-order valence-corrected chi connectivity index (χ4v) is 3.98. The van der Waals surface area contributed by atoms with Crippen LogP contribution in [0.15, 0.2) is 24.3 Å². The van der Waals surface area contributed by atoms with Crippen LogP contribution in [0.5, 0.6) is 0 Å². The number of amides is 1. The minimum Gasteiger partial charge on any atom is -0.339 e. The molecular formula is C22H22N4O8. The number of carbonyl (C=O) groups is 2. The highest BCUT2D eigenvalue weighted by molar-refractivity contribution is 6.26. The standard InChI is InChI=1S/C22H22N4O8/c1-3-5-7-23(8-6-4-2)22(28)17-11-13(24(29)30)9-15-19(17)20-16(21(15)27)10-14(25(31)32)12-18(20)26(33)34/h9-12H,3-8H2,1-2H3. The Kier molecular flexibility index (Phi) is 6.99. The SMILES string of the molecule is CCCCN(CCCC)C(=O)c1cc([N+](=O)[O-])cc2c1-c1c(cc([N+](=O)[O-])cc1[N+](=O)[O-])C2=O. The third-order valence-electron chi connectivity index (χ3n) is 5.66. The van der Waals surface area contributed by atoms with Crippen LogP contribution in [0.25, 0.3) is 11.1 Å². The largest absolute Gasteiger partial charge is 0.339 e. The van der Waals surface area contributed by atoms with Gasteiger partial charge in [0.1, 0.15) is 0 Å². The molecule has 0 saturated carbocycles. The molecule has 12 heteroatoms. The number of ketones is 1. The van der Waals surface area contributed by atoms with Crippen LogP contribution in [-0.2, 0) is 0 Å². The first-order valence-electron chi connectivity index (χ1n) is 10.8. The van der Waals surface area contributed by atoms with Gasteiger partial charge < -0.3 is 4.90 Å². The molecule has 1 aliphatic carbocycles. The van der Waals surface area contributed by atoms with Gasteiger partial charge in [-0.2, -0.15) is 0 Å². The number of nitro benzene ring substituents is 3. The van der Waals surface area contributed by atoms with E-state index in [-0.39, 0.29) is 27.8 Å². The van der Waals surface area contributed by atoms with Crippen LogP contribution >= 0.6 is 0 Å². The van der Waals surface area contributed by atoms with Gasteiger partial charge in [-0.25, -0.2) is 0 Å². The Bertz CT molecular complexity index is 1220. The Balaban J connectivity index is 2.32. The molecule has 1 amide bonds. The molecule has 0 aromatic heterocycles. The fraction of sp³-hybridized carbons (Fsp3) is 0.364. The summed E-state index contributed by atoms with van der Waals surface area (Å²) in [5.74, 6) is -1.43. The number of benzene rings is 2. The Morgan fingerprint density at radius 2 is 1.29 bits per heavy atom. The first kappa shape index (κ1) is 24.4. The molecule has 3 rings (SSSR count). The van der Waals surface area contributed by atoms with Crippen molar-refractivity contribution in [1.82, 2.24) is 4.90 Å². The van der Waals surface area contributed by atoms with Crippen LogP contribution in [-0.4, -0.2) is 44.4 Å². The minimum atomic E-state index is -0.866. The molecule has 0 aliphatic heterocycles. The van der Waals surface area contributed by atoms with E-state index >= 15 is 0 Å². The van der Waals surface area contributed by atoms with E-state index in [1.165, 1.54) is 4.90 Å². The van der Waals surface area contributed by atoms with Crippen LogP contribution in [0.3, 0.4) is 0 Å². The fourth-order valence-electron chi connectivity index (χ4n) is 3.98. The number of nitro groups is 3. The summed E-state index contributed by atoms with van der Waals surface area (Å²) >= 11 is 0. The number of fused-ring (bicyclic) bond motifs is 3. The maximum Gasteiger partial charge on any atom is 0.284 e.